The summed E-state index contributed by atoms with van der Waals surface area (Å²) in [5.41, 5.74) is 8.39. The van der Waals surface area contributed by atoms with E-state index in [0.717, 1.165) is 25.9 Å². The zero-order chi connectivity index (χ0) is 17.4. The summed E-state index contributed by atoms with van der Waals surface area (Å²) in [6.07, 6.45) is 2.06. The van der Waals surface area contributed by atoms with Crippen LogP contribution in [0.4, 0.5) is 17.2 Å². The molecule has 0 radical (unpaired) electrons. The summed E-state index contributed by atoms with van der Waals surface area (Å²) in [7, 11) is 0. The van der Waals surface area contributed by atoms with Crippen molar-refractivity contribution in [3.8, 4) is 0 Å². The van der Waals surface area contributed by atoms with Crippen LogP contribution in [0, 0.1) is 12.8 Å². The van der Waals surface area contributed by atoms with Crippen molar-refractivity contribution in [1.29, 1.82) is 0 Å². The molecule has 0 aliphatic rings. The van der Waals surface area contributed by atoms with Gasteiger partial charge in [-0.15, -0.1) is 0 Å². The first-order valence-electron chi connectivity index (χ1n) is 8.37. The zero-order valence-corrected chi connectivity index (χ0v) is 15.0. The first kappa shape index (κ1) is 19.1. The van der Waals surface area contributed by atoms with E-state index in [2.05, 4.69) is 36.4 Å². The molecule has 1 heterocycles. The summed E-state index contributed by atoms with van der Waals surface area (Å²) in [5.74, 6) is 0.694. The Kier molecular flexibility index (Phi) is 7.65. The van der Waals surface area contributed by atoms with Crippen LogP contribution >= 0.6 is 0 Å². The molecule has 6 heteroatoms. The zero-order valence-electron chi connectivity index (χ0n) is 15.0. The van der Waals surface area contributed by atoms with Gasteiger partial charge >= 0.3 is 5.97 Å². The van der Waals surface area contributed by atoms with Crippen molar-refractivity contribution < 1.29 is 9.53 Å². The number of esters is 1. The quantitative estimate of drug-likeness (QED) is 0.477. The van der Waals surface area contributed by atoms with E-state index in [-0.39, 0.29) is 0 Å². The average Bonchev–Trinajstić information content (AvgIpc) is 2.49. The van der Waals surface area contributed by atoms with Crippen molar-refractivity contribution in [2.75, 3.05) is 36.1 Å². The molecule has 0 aromatic carbocycles. The smallest absolute Gasteiger partial charge is 0.342 e. The van der Waals surface area contributed by atoms with Gasteiger partial charge in [0.05, 0.1) is 23.7 Å². The summed E-state index contributed by atoms with van der Waals surface area (Å²) in [6.45, 7) is 11.8. The lowest BCUT2D eigenvalue weighted by atomic mass is 10.1. The van der Waals surface area contributed by atoms with E-state index in [0.29, 0.717) is 41.0 Å². The lowest BCUT2D eigenvalue weighted by Crippen LogP contribution is -2.18. The van der Waals surface area contributed by atoms with Gasteiger partial charge in [-0.2, -0.15) is 0 Å². The molecule has 0 fully saturated rings. The highest BCUT2D eigenvalue weighted by molar-refractivity contribution is 6.01. The van der Waals surface area contributed by atoms with Crippen molar-refractivity contribution in [3.05, 3.63) is 11.3 Å². The summed E-state index contributed by atoms with van der Waals surface area (Å²) < 4.78 is 5.15. The molecule has 23 heavy (non-hydrogen) atoms. The molecular formula is C17H30N4O2. The maximum atomic E-state index is 12.3. The summed E-state index contributed by atoms with van der Waals surface area (Å²) in [4.78, 5) is 16.7. The second-order valence-corrected chi connectivity index (χ2v) is 5.99. The number of hydrogen-bond donors (Lipinski definition) is 3. The predicted molar refractivity (Wildman–Crippen MR) is 96.1 cm³/mol. The van der Waals surface area contributed by atoms with Gasteiger partial charge in [0.15, 0.2) is 5.82 Å². The summed E-state index contributed by atoms with van der Waals surface area (Å²) >= 11 is 0. The third-order valence-corrected chi connectivity index (χ3v) is 3.41. The number of nitrogen functional groups attached to an aromatic ring is 1. The van der Waals surface area contributed by atoms with Crippen LogP contribution in [0.5, 0.6) is 0 Å². The Morgan fingerprint density at radius 3 is 2.57 bits per heavy atom. The number of pyridine rings is 1. The summed E-state index contributed by atoms with van der Waals surface area (Å²) in [5, 5.41) is 6.54. The molecule has 0 aliphatic carbocycles. The Bertz CT molecular complexity index is 530. The van der Waals surface area contributed by atoms with Gasteiger partial charge in [0, 0.05) is 13.1 Å². The van der Waals surface area contributed by atoms with E-state index in [1.807, 2.05) is 0 Å². The molecule has 0 saturated carbocycles. The molecule has 0 bridgehead atoms. The number of aryl methyl sites for hydroxylation is 1. The highest BCUT2D eigenvalue weighted by Gasteiger charge is 2.22. The van der Waals surface area contributed by atoms with E-state index >= 15 is 0 Å². The second-order valence-electron chi connectivity index (χ2n) is 5.99. The molecule has 1 rings (SSSR count). The molecule has 4 N–H and O–H groups in total. The van der Waals surface area contributed by atoms with Gasteiger partial charge in [-0.3, -0.25) is 0 Å². The van der Waals surface area contributed by atoms with Crippen molar-refractivity contribution >= 4 is 23.2 Å². The molecule has 0 saturated heterocycles. The van der Waals surface area contributed by atoms with Crippen LogP contribution < -0.4 is 16.4 Å². The molecule has 130 valence electrons. The number of rotatable bonds is 9. The first-order chi connectivity index (χ1) is 10.9. The second kappa shape index (κ2) is 9.22. The largest absolute Gasteiger partial charge is 0.462 e. The highest BCUT2D eigenvalue weighted by Crippen LogP contribution is 2.32. The van der Waals surface area contributed by atoms with Crippen molar-refractivity contribution in [2.24, 2.45) is 5.92 Å². The van der Waals surface area contributed by atoms with Crippen LogP contribution in [0.15, 0.2) is 0 Å². The number of unbranched alkanes of at least 4 members (excludes halogenated alkanes) is 1. The van der Waals surface area contributed by atoms with Crippen LogP contribution in [0.1, 0.15) is 56.6 Å². The van der Waals surface area contributed by atoms with E-state index < -0.39 is 5.97 Å². The highest BCUT2D eigenvalue weighted by atomic mass is 16.5. The first-order valence-corrected chi connectivity index (χ1v) is 8.37. The Balaban J connectivity index is 3.21. The minimum absolute atomic E-state index is 0.319. The number of hydrogen-bond acceptors (Lipinski definition) is 6. The monoisotopic (exact) mass is 322 g/mol. The fourth-order valence-corrected chi connectivity index (χ4v) is 2.18. The van der Waals surface area contributed by atoms with Gasteiger partial charge in [0.1, 0.15) is 5.56 Å². The van der Waals surface area contributed by atoms with Crippen molar-refractivity contribution in [2.45, 2.75) is 47.5 Å². The topological polar surface area (TPSA) is 89.3 Å². The standard InChI is InChI=1S/C17H30N4O2/c1-6-8-9-19-15-13(17(22)23-7-2)12(5)21-16(14(15)18)20-10-11(3)4/h11H,6-10,18H2,1-5H3,(H2,19,20,21). The van der Waals surface area contributed by atoms with Gasteiger partial charge in [-0.25, -0.2) is 9.78 Å². The van der Waals surface area contributed by atoms with E-state index in [4.69, 9.17) is 10.5 Å². The van der Waals surface area contributed by atoms with Crippen LogP contribution in [-0.4, -0.2) is 30.6 Å². The fraction of sp³-hybridized carbons (Fsp3) is 0.647. The number of anilines is 3. The molecule has 0 amide bonds. The average molecular weight is 322 g/mol. The van der Waals surface area contributed by atoms with Crippen molar-refractivity contribution in [1.82, 2.24) is 4.98 Å². The number of nitrogens with one attached hydrogen (secondary N) is 2. The third kappa shape index (κ3) is 5.30. The Hall–Kier alpha value is -1.98. The predicted octanol–water partition coefficient (Wildman–Crippen LogP) is 3.43. The minimum Gasteiger partial charge on any atom is -0.462 e. The fourth-order valence-electron chi connectivity index (χ4n) is 2.18. The van der Waals surface area contributed by atoms with Gasteiger partial charge in [0.2, 0.25) is 0 Å². The lowest BCUT2D eigenvalue weighted by molar-refractivity contribution is 0.0526. The third-order valence-electron chi connectivity index (χ3n) is 3.41. The lowest BCUT2D eigenvalue weighted by Gasteiger charge is -2.19. The Morgan fingerprint density at radius 1 is 1.30 bits per heavy atom. The summed E-state index contributed by atoms with van der Waals surface area (Å²) in [6, 6.07) is 0. The van der Waals surface area contributed by atoms with Crippen LogP contribution in [-0.2, 0) is 4.74 Å². The van der Waals surface area contributed by atoms with E-state index in [9.17, 15) is 4.79 Å². The van der Waals surface area contributed by atoms with Crippen LogP contribution in [0.3, 0.4) is 0 Å². The molecule has 1 aromatic rings. The van der Waals surface area contributed by atoms with Crippen molar-refractivity contribution in [3.63, 3.8) is 0 Å². The normalized spacial score (nSPS) is 10.7. The molecular weight excluding hydrogens is 292 g/mol. The Morgan fingerprint density at radius 2 is 2.00 bits per heavy atom. The maximum Gasteiger partial charge on any atom is 0.342 e. The number of ether oxygens (including phenoxy) is 1. The van der Waals surface area contributed by atoms with Gasteiger partial charge in [-0.1, -0.05) is 27.2 Å². The maximum absolute atomic E-state index is 12.3. The Labute approximate surface area is 139 Å². The number of nitrogens with two attached hydrogens (primary N) is 1. The minimum atomic E-state index is -0.390. The van der Waals surface area contributed by atoms with Gasteiger partial charge in [-0.05, 0) is 26.2 Å². The number of aromatic nitrogens is 1. The SMILES string of the molecule is CCCCNc1c(N)c(NCC(C)C)nc(C)c1C(=O)OCC. The van der Waals surface area contributed by atoms with E-state index in [1.165, 1.54) is 0 Å². The molecule has 0 atom stereocenters. The van der Waals surface area contributed by atoms with Crippen LogP contribution in [0.25, 0.3) is 0 Å². The van der Waals surface area contributed by atoms with Crippen LogP contribution in [0.2, 0.25) is 0 Å². The van der Waals surface area contributed by atoms with E-state index in [1.54, 1.807) is 13.8 Å². The van der Waals surface area contributed by atoms with Gasteiger partial charge in [0.25, 0.3) is 0 Å². The molecule has 6 nitrogen and oxygen atoms in total. The number of carbonyl (C=O) groups excluding carboxylic acids is 1. The van der Waals surface area contributed by atoms with Gasteiger partial charge < -0.3 is 21.1 Å². The molecule has 0 spiro atoms. The molecule has 0 unspecified atom stereocenters. The number of carbonyl (C=O) groups is 1. The number of nitrogens with zero attached hydrogens (tertiary/aromatic N) is 1. The molecule has 1 aromatic heterocycles. The molecule has 0 aliphatic heterocycles.